The maximum Gasteiger partial charge on any atom is 0.233 e. The molecular weight excluding hydrogens is 606 g/mol. The molecule has 4 atom stereocenters. The van der Waals surface area contributed by atoms with Gasteiger partial charge in [-0.1, -0.05) is 71.4 Å². The van der Waals surface area contributed by atoms with Crippen LogP contribution < -0.4 is 4.74 Å². The molecule has 2 heterocycles. The third kappa shape index (κ3) is 6.06. The number of hydrogen-bond acceptors (Lipinski definition) is 5. The van der Waals surface area contributed by atoms with E-state index in [0.29, 0.717) is 39.0 Å². The van der Waals surface area contributed by atoms with E-state index < -0.39 is 0 Å². The summed E-state index contributed by atoms with van der Waals surface area (Å²) in [5.74, 6) is 0.0210. The maximum absolute atomic E-state index is 13.5. The number of hydrogen-bond donors (Lipinski definition) is 1. The van der Waals surface area contributed by atoms with E-state index in [4.69, 9.17) is 9.47 Å². The van der Waals surface area contributed by atoms with Crippen LogP contribution >= 0.6 is 15.9 Å². The minimum Gasteiger partial charge on any atom is -0.507 e. The molecule has 3 aromatic rings. The highest BCUT2D eigenvalue weighted by Crippen LogP contribution is 2.50. The number of aromatic hydroxyl groups is 1. The first-order chi connectivity index (χ1) is 20.9. The molecule has 222 valence electrons. The molecule has 0 radical (unpaired) electrons. The number of rotatable bonds is 10. The molecule has 0 bridgehead atoms. The van der Waals surface area contributed by atoms with Crippen molar-refractivity contribution in [2.45, 2.75) is 38.7 Å². The molecule has 1 aliphatic carbocycles. The summed E-state index contributed by atoms with van der Waals surface area (Å²) in [6, 6.07) is 25.3. The Morgan fingerprint density at radius 3 is 2.51 bits per heavy atom. The molecule has 43 heavy (non-hydrogen) atoms. The van der Waals surface area contributed by atoms with E-state index in [2.05, 4.69) is 28.1 Å². The number of carbonyl (C=O) groups excluding carboxylic acids is 2. The highest BCUT2D eigenvalue weighted by molar-refractivity contribution is 9.10. The van der Waals surface area contributed by atoms with Crippen LogP contribution in [-0.4, -0.2) is 47.7 Å². The number of amides is 2. The number of nitrogens with zero attached hydrogens (tertiary/aromatic N) is 1. The normalized spacial score (nSPS) is 23.5. The van der Waals surface area contributed by atoms with Crippen LogP contribution in [0, 0.1) is 17.8 Å². The number of fused-ring (bicyclic) bond motifs is 3. The van der Waals surface area contributed by atoms with Crippen LogP contribution in [0.4, 0.5) is 0 Å². The summed E-state index contributed by atoms with van der Waals surface area (Å²) >= 11 is 3.52. The number of halogens is 1. The largest absolute Gasteiger partial charge is 0.507 e. The summed E-state index contributed by atoms with van der Waals surface area (Å²) in [6.07, 6.45) is 4.51. The monoisotopic (exact) mass is 641 g/mol. The number of phenols is 1. The highest BCUT2D eigenvalue weighted by Gasteiger charge is 2.56. The van der Waals surface area contributed by atoms with E-state index in [1.807, 2.05) is 73.7 Å². The molecule has 6 rings (SSSR count). The van der Waals surface area contributed by atoms with Crippen molar-refractivity contribution in [2.75, 3.05) is 19.8 Å². The lowest BCUT2D eigenvalue weighted by atomic mass is 9.69. The molecule has 3 aliphatic rings. The quantitative estimate of drug-likeness (QED) is 0.143. The lowest BCUT2D eigenvalue weighted by Crippen LogP contribution is -2.35. The molecule has 2 saturated heterocycles. The first kappa shape index (κ1) is 29.4. The van der Waals surface area contributed by atoms with Gasteiger partial charge in [0.2, 0.25) is 11.8 Å². The Bertz CT molecular complexity index is 1550. The molecule has 3 aromatic carbocycles. The van der Waals surface area contributed by atoms with Crippen LogP contribution in [0.15, 0.2) is 94.5 Å². The minimum atomic E-state index is -0.373. The van der Waals surface area contributed by atoms with Crippen molar-refractivity contribution >= 4 is 39.4 Å². The summed E-state index contributed by atoms with van der Waals surface area (Å²) in [5.41, 5.74) is 5.11. The number of likely N-dealkylation sites (tertiary alicyclic amines) is 1. The van der Waals surface area contributed by atoms with Crippen molar-refractivity contribution in [2.24, 2.45) is 17.8 Å². The van der Waals surface area contributed by atoms with Crippen LogP contribution in [0.3, 0.4) is 0 Å². The number of carbonyl (C=O) groups is 2. The molecule has 7 heteroatoms. The molecule has 2 aliphatic heterocycles. The molecule has 2 amide bonds. The van der Waals surface area contributed by atoms with Gasteiger partial charge < -0.3 is 14.6 Å². The van der Waals surface area contributed by atoms with E-state index in [1.54, 1.807) is 6.07 Å². The first-order valence-corrected chi connectivity index (χ1v) is 15.8. The standard InChI is InChI=1S/C36H36BrNO5/c1-2-17-38-35(40)29-20-26(21-42-28-11-7-4-8-12-28)33-30(34(29)36(38)41)22-43-32(33)16-13-24(23-9-5-3-6-10-23)18-25-19-27(37)14-15-31(25)39/h3-12,14-15,18-19,29-30,32,34,39H,2,13,16-17,20-22H2,1H3/b24-18-/t29-,30+,32-,34-/m1/s1. The van der Waals surface area contributed by atoms with E-state index in [0.717, 1.165) is 44.5 Å². The summed E-state index contributed by atoms with van der Waals surface area (Å²) in [4.78, 5) is 28.4. The average Bonchev–Trinajstić information content (AvgIpc) is 3.55. The Morgan fingerprint density at radius 1 is 1.02 bits per heavy atom. The van der Waals surface area contributed by atoms with Crippen LogP contribution in [0.25, 0.3) is 11.6 Å². The SMILES string of the molecule is CCCN1C(=O)[C@@H]2[C@@H](CC(COc3ccccc3)=C3[C@@H](CC/C(=C/c4cc(Br)ccc4O)c4ccccc4)OC[C@@H]32)C1=O. The van der Waals surface area contributed by atoms with Gasteiger partial charge in [0.25, 0.3) is 0 Å². The molecule has 0 aromatic heterocycles. The van der Waals surface area contributed by atoms with Gasteiger partial charge in [0.05, 0.1) is 24.5 Å². The predicted molar refractivity (Wildman–Crippen MR) is 170 cm³/mol. The van der Waals surface area contributed by atoms with Gasteiger partial charge >= 0.3 is 0 Å². The number of para-hydroxylation sites is 1. The van der Waals surface area contributed by atoms with E-state index >= 15 is 0 Å². The second-order valence-electron chi connectivity index (χ2n) is 11.5. The third-order valence-electron chi connectivity index (χ3n) is 8.84. The van der Waals surface area contributed by atoms with Crippen LogP contribution in [0.1, 0.15) is 43.7 Å². The topological polar surface area (TPSA) is 76.1 Å². The fourth-order valence-corrected chi connectivity index (χ4v) is 7.25. The zero-order chi connectivity index (χ0) is 29.9. The van der Waals surface area contributed by atoms with E-state index in [1.165, 1.54) is 4.90 Å². The predicted octanol–water partition coefficient (Wildman–Crippen LogP) is 7.28. The van der Waals surface area contributed by atoms with Crippen molar-refractivity contribution in [3.05, 3.63) is 106 Å². The second kappa shape index (κ2) is 12.9. The Balaban J connectivity index is 1.31. The van der Waals surface area contributed by atoms with Crippen LogP contribution in [0.5, 0.6) is 11.5 Å². The van der Waals surface area contributed by atoms with Gasteiger partial charge in [-0.05, 0) is 84.4 Å². The number of allylic oxidation sites excluding steroid dienone is 1. The van der Waals surface area contributed by atoms with Crippen LogP contribution in [-0.2, 0) is 14.3 Å². The molecule has 1 N–H and O–H groups in total. The van der Waals surface area contributed by atoms with Gasteiger partial charge in [0.1, 0.15) is 18.1 Å². The lowest BCUT2D eigenvalue weighted by Gasteiger charge is -2.32. The second-order valence-corrected chi connectivity index (χ2v) is 12.4. The number of benzene rings is 3. The maximum atomic E-state index is 13.5. The molecule has 0 unspecified atom stereocenters. The summed E-state index contributed by atoms with van der Waals surface area (Å²) in [6.45, 7) is 3.24. The van der Waals surface area contributed by atoms with Gasteiger partial charge in [-0.25, -0.2) is 0 Å². The van der Waals surface area contributed by atoms with E-state index in [9.17, 15) is 14.7 Å². The van der Waals surface area contributed by atoms with Crippen molar-refractivity contribution in [1.82, 2.24) is 4.90 Å². The lowest BCUT2D eigenvalue weighted by molar-refractivity contribution is -0.140. The molecule has 2 fully saturated rings. The molecule has 6 nitrogen and oxygen atoms in total. The number of ether oxygens (including phenoxy) is 2. The van der Waals surface area contributed by atoms with Gasteiger partial charge in [-0.2, -0.15) is 0 Å². The highest BCUT2D eigenvalue weighted by atomic mass is 79.9. The van der Waals surface area contributed by atoms with Crippen LogP contribution in [0.2, 0.25) is 0 Å². The first-order valence-electron chi connectivity index (χ1n) is 15.1. The molecule has 0 spiro atoms. The molecule has 0 saturated carbocycles. The van der Waals surface area contributed by atoms with Crippen molar-refractivity contribution in [1.29, 1.82) is 0 Å². The Morgan fingerprint density at radius 2 is 1.77 bits per heavy atom. The summed E-state index contributed by atoms with van der Waals surface area (Å²) in [7, 11) is 0. The van der Waals surface area contributed by atoms with Gasteiger partial charge in [-0.3, -0.25) is 14.5 Å². The fraction of sp³-hybridized carbons (Fsp3) is 0.333. The van der Waals surface area contributed by atoms with Crippen molar-refractivity contribution < 1.29 is 24.2 Å². The summed E-state index contributed by atoms with van der Waals surface area (Å²) in [5, 5.41) is 10.6. The fourth-order valence-electron chi connectivity index (χ4n) is 6.87. The average molecular weight is 643 g/mol. The van der Waals surface area contributed by atoms with E-state index in [-0.39, 0.29) is 41.4 Å². The zero-order valence-electron chi connectivity index (χ0n) is 24.2. The zero-order valence-corrected chi connectivity index (χ0v) is 25.8. The number of imide groups is 1. The summed E-state index contributed by atoms with van der Waals surface area (Å²) < 4.78 is 13.6. The Labute approximate surface area is 261 Å². The van der Waals surface area contributed by atoms with Crippen molar-refractivity contribution in [3.63, 3.8) is 0 Å². The van der Waals surface area contributed by atoms with Gasteiger partial charge in [0.15, 0.2) is 0 Å². The van der Waals surface area contributed by atoms with Gasteiger partial charge in [-0.15, -0.1) is 0 Å². The Kier molecular flexibility index (Phi) is 8.82. The minimum absolute atomic E-state index is 0.0540. The molecular formula is C36H36BrNO5. The Hall–Kier alpha value is -3.68. The third-order valence-corrected chi connectivity index (χ3v) is 9.34. The smallest absolute Gasteiger partial charge is 0.233 e. The number of phenolic OH excluding ortho intramolecular Hbond substituents is 1. The van der Waals surface area contributed by atoms with Crippen molar-refractivity contribution in [3.8, 4) is 11.5 Å². The van der Waals surface area contributed by atoms with Gasteiger partial charge in [0, 0.05) is 22.5 Å².